The third-order valence-electron chi connectivity index (χ3n) is 2.22. The van der Waals surface area contributed by atoms with Gasteiger partial charge in [0.25, 0.3) is 0 Å². The molecule has 0 bridgehead atoms. The monoisotopic (exact) mass is 271 g/mol. The minimum absolute atomic E-state index is 0.147. The van der Waals surface area contributed by atoms with Crippen LogP contribution in [0.5, 0.6) is 0 Å². The van der Waals surface area contributed by atoms with E-state index in [4.69, 9.17) is 5.11 Å². The molecule has 0 aliphatic heterocycles. The fourth-order valence-corrected chi connectivity index (χ4v) is 1.35. The van der Waals surface area contributed by atoms with Gasteiger partial charge in [-0.25, -0.2) is 9.78 Å². The van der Waals surface area contributed by atoms with Crippen molar-refractivity contribution in [3.8, 4) is 0 Å². The number of rotatable bonds is 6. The Hall–Kier alpha value is -2.16. The molecule has 2 amide bonds. The van der Waals surface area contributed by atoms with E-state index < -0.39 is 24.0 Å². The first-order valence-corrected chi connectivity index (χ1v) is 5.59. The molecule has 0 aromatic carbocycles. The largest absolute Gasteiger partial charge is 0.481 e. The molecule has 9 heteroatoms. The fourth-order valence-electron chi connectivity index (χ4n) is 1.35. The molecule has 0 spiro atoms. The Kier molecular flexibility index (Phi) is 4.81. The summed E-state index contributed by atoms with van der Waals surface area (Å²) in [5.74, 6) is -0.681. The molecule has 0 aliphatic carbocycles. The van der Waals surface area contributed by atoms with Crippen LogP contribution in [0.25, 0.3) is 0 Å². The highest BCUT2D eigenvalue weighted by Gasteiger charge is 2.24. The number of aliphatic carboxylic acids is 1. The van der Waals surface area contributed by atoms with Crippen LogP contribution in [0.2, 0.25) is 0 Å². The third kappa shape index (κ3) is 5.82. The minimum atomic E-state index is -1.49. The van der Waals surface area contributed by atoms with E-state index in [9.17, 15) is 14.7 Å². The molecule has 1 aromatic rings. The summed E-state index contributed by atoms with van der Waals surface area (Å²) in [6.07, 6.45) is 1.06. The minimum Gasteiger partial charge on any atom is -0.481 e. The predicted molar refractivity (Wildman–Crippen MR) is 64.1 cm³/mol. The summed E-state index contributed by atoms with van der Waals surface area (Å²) >= 11 is 0. The molecular weight excluding hydrogens is 254 g/mol. The fraction of sp³-hybridized carbons (Fsp3) is 0.600. The predicted octanol–water partition coefficient (Wildman–Crippen LogP) is -1.16. The van der Waals surface area contributed by atoms with Crippen LogP contribution in [0.1, 0.15) is 19.2 Å². The Labute approximate surface area is 109 Å². The molecule has 1 rings (SSSR count). The summed E-state index contributed by atoms with van der Waals surface area (Å²) in [5, 5.41) is 27.1. The number of carbonyl (C=O) groups is 2. The zero-order valence-corrected chi connectivity index (χ0v) is 10.8. The number of urea groups is 1. The number of amides is 2. The second-order valence-electron chi connectivity index (χ2n) is 4.44. The highest BCUT2D eigenvalue weighted by atomic mass is 16.4. The normalized spacial score (nSPS) is 13.6. The van der Waals surface area contributed by atoms with Crippen LogP contribution in [-0.4, -0.2) is 49.1 Å². The molecule has 0 radical (unpaired) electrons. The van der Waals surface area contributed by atoms with E-state index in [1.807, 2.05) is 0 Å². The Bertz CT molecular complexity index is 457. The van der Waals surface area contributed by atoms with E-state index in [1.165, 1.54) is 17.9 Å². The van der Waals surface area contributed by atoms with Crippen molar-refractivity contribution in [1.29, 1.82) is 0 Å². The van der Waals surface area contributed by atoms with Crippen molar-refractivity contribution in [2.24, 2.45) is 7.05 Å². The zero-order valence-electron chi connectivity index (χ0n) is 10.8. The van der Waals surface area contributed by atoms with Gasteiger partial charge in [-0.15, -0.1) is 0 Å². The molecule has 0 aliphatic rings. The number of nitrogens with one attached hydrogen (secondary N) is 2. The van der Waals surface area contributed by atoms with E-state index in [0.717, 1.165) is 0 Å². The number of hydrogen-bond acceptors (Lipinski definition) is 5. The average molecular weight is 271 g/mol. The smallest absolute Gasteiger partial charge is 0.315 e. The number of aliphatic hydroxyl groups is 1. The van der Waals surface area contributed by atoms with E-state index >= 15 is 0 Å². The first-order valence-electron chi connectivity index (χ1n) is 5.59. The summed E-state index contributed by atoms with van der Waals surface area (Å²) in [4.78, 5) is 25.8. The van der Waals surface area contributed by atoms with Crippen molar-refractivity contribution in [3.63, 3.8) is 0 Å². The van der Waals surface area contributed by atoms with E-state index in [0.29, 0.717) is 5.82 Å². The molecule has 106 valence electrons. The van der Waals surface area contributed by atoms with Crippen molar-refractivity contribution in [1.82, 2.24) is 25.4 Å². The lowest BCUT2D eigenvalue weighted by atomic mass is 10.0. The van der Waals surface area contributed by atoms with Crippen molar-refractivity contribution < 1.29 is 19.8 Å². The lowest BCUT2D eigenvalue weighted by molar-refractivity contribution is -0.141. The Balaban J connectivity index is 2.30. The molecule has 0 saturated heterocycles. The SMILES string of the molecule is Cn1cnc(CNC(=O)NCC(C)(O)CC(=O)O)n1. The molecule has 9 nitrogen and oxygen atoms in total. The topological polar surface area (TPSA) is 129 Å². The molecular formula is C10H17N5O4. The maximum absolute atomic E-state index is 11.4. The molecule has 1 heterocycles. The van der Waals surface area contributed by atoms with Crippen LogP contribution in [0, 0.1) is 0 Å². The van der Waals surface area contributed by atoms with Gasteiger partial charge in [0.2, 0.25) is 0 Å². The number of carboxylic acid groups (broad SMARTS) is 1. The first-order chi connectivity index (χ1) is 8.78. The maximum atomic E-state index is 11.4. The van der Waals surface area contributed by atoms with Crippen molar-refractivity contribution >= 4 is 12.0 Å². The number of carboxylic acids is 1. The number of aryl methyl sites for hydroxylation is 1. The number of nitrogens with zero attached hydrogens (tertiary/aromatic N) is 3. The second kappa shape index (κ2) is 6.14. The third-order valence-corrected chi connectivity index (χ3v) is 2.22. The van der Waals surface area contributed by atoms with Crippen LogP contribution in [0.15, 0.2) is 6.33 Å². The highest BCUT2D eigenvalue weighted by Crippen LogP contribution is 2.06. The van der Waals surface area contributed by atoms with Gasteiger partial charge >= 0.3 is 12.0 Å². The number of hydrogen-bond donors (Lipinski definition) is 4. The van der Waals surface area contributed by atoms with Gasteiger partial charge in [0.05, 0.1) is 18.6 Å². The van der Waals surface area contributed by atoms with E-state index in [2.05, 4.69) is 20.7 Å². The molecule has 1 atom stereocenters. The van der Waals surface area contributed by atoms with Crippen LogP contribution in [0.4, 0.5) is 4.79 Å². The van der Waals surface area contributed by atoms with Crippen LogP contribution < -0.4 is 10.6 Å². The molecule has 0 saturated carbocycles. The van der Waals surface area contributed by atoms with Gasteiger partial charge in [-0.2, -0.15) is 5.10 Å². The Morgan fingerprint density at radius 3 is 2.68 bits per heavy atom. The van der Waals surface area contributed by atoms with Gasteiger partial charge in [-0.1, -0.05) is 0 Å². The van der Waals surface area contributed by atoms with Gasteiger partial charge in [0.1, 0.15) is 6.33 Å². The summed E-state index contributed by atoms with van der Waals surface area (Å²) in [5.41, 5.74) is -1.49. The molecule has 1 unspecified atom stereocenters. The van der Waals surface area contributed by atoms with Gasteiger partial charge in [-0.3, -0.25) is 9.48 Å². The number of carbonyl (C=O) groups excluding carboxylic acids is 1. The molecule has 19 heavy (non-hydrogen) atoms. The van der Waals surface area contributed by atoms with Gasteiger partial charge in [-0.05, 0) is 6.92 Å². The Morgan fingerprint density at radius 1 is 1.47 bits per heavy atom. The second-order valence-corrected chi connectivity index (χ2v) is 4.44. The zero-order chi connectivity index (χ0) is 14.5. The first kappa shape index (κ1) is 14.9. The highest BCUT2D eigenvalue weighted by molar-refractivity contribution is 5.74. The van der Waals surface area contributed by atoms with Crippen LogP contribution in [0.3, 0.4) is 0 Å². The van der Waals surface area contributed by atoms with Gasteiger partial charge < -0.3 is 20.8 Å². The maximum Gasteiger partial charge on any atom is 0.315 e. The number of aromatic nitrogens is 3. The van der Waals surface area contributed by atoms with Gasteiger partial charge in [0, 0.05) is 13.6 Å². The lowest BCUT2D eigenvalue weighted by Gasteiger charge is -2.21. The van der Waals surface area contributed by atoms with Gasteiger partial charge in [0.15, 0.2) is 5.82 Å². The van der Waals surface area contributed by atoms with Crippen molar-refractivity contribution in [2.45, 2.75) is 25.5 Å². The lowest BCUT2D eigenvalue weighted by Crippen LogP contribution is -2.45. The summed E-state index contributed by atoms with van der Waals surface area (Å²) in [6, 6.07) is -0.530. The van der Waals surface area contributed by atoms with E-state index in [-0.39, 0.29) is 13.1 Å². The van der Waals surface area contributed by atoms with Crippen LogP contribution >= 0.6 is 0 Å². The summed E-state index contributed by atoms with van der Waals surface area (Å²) in [6.45, 7) is 1.32. The molecule has 0 fully saturated rings. The van der Waals surface area contributed by atoms with Crippen LogP contribution in [-0.2, 0) is 18.4 Å². The molecule has 4 N–H and O–H groups in total. The molecule has 1 aromatic heterocycles. The van der Waals surface area contributed by atoms with Crippen molar-refractivity contribution in [2.75, 3.05) is 6.54 Å². The van der Waals surface area contributed by atoms with E-state index in [1.54, 1.807) is 7.05 Å². The van der Waals surface area contributed by atoms with Crippen molar-refractivity contribution in [3.05, 3.63) is 12.2 Å². The quantitative estimate of drug-likeness (QED) is 0.516. The Morgan fingerprint density at radius 2 is 2.16 bits per heavy atom. The summed E-state index contributed by atoms with van der Waals surface area (Å²) in [7, 11) is 1.71. The standard InChI is InChI=1S/C10H17N5O4/c1-10(19,3-8(16)17)5-12-9(18)11-4-7-13-6-15(2)14-7/h6,19H,3-5H2,1-2H3,(H,16,17)(H2,11,12,18). The average Bonchev–Trinajstić information content (AvgIpc) is 2.68. The summed E-state index contributed by atoms with van der Waals surface area (Å²) < 4.78 is 1.51.